The zero-order valence-electron chi connectivity index (χ0n) is 15.8. The number of carbonyl (C=O) groups is 2. The molecular formula is C20H29ClFN3O2. The number of carbonyl (C=O) groups excluding carboxylic acids is 2. The van der Waals surface area contributed by atoms with E-state index in [1.807, 2.05) is 11.0 Å². The summed E-state index contributed by atoms with van der Waals surface area (Å²) in [5.41, 5.74) is 1.36. The van der Waals surface area contributed by atoms with Crippen LogP contribution < -0.4 is 10.6 Å². The predicted octanol–water partition coefficient (Wildman–Crippen LogP) is 2.41. The van der Waals surface area contributed by atoms with Crippen LogP contribution in [0.15, 0.2) is 18.2 Å². The van der Waals surface area contributed by atoms with Gasteiger partial charge in [0.05, 0.1) is 6.54 Å². The summed E-state index contributed by atoms with van der Waals surface area (Å²) in [7, 11) is 0. The monoisotopic (exact) mass is 397 g/mol. The molecule has 2 aliphatic rings. The highest BCUT2D eigenvalue weighted by Gasteiger charge is 2.27. The number of benzene rings is 1. The minimum atomic E-state index is -0.251. The molecule has 3 rings (SSSR count). The summed E-state index contributed by atoms with van der Waals surface area (Å²) in [5, 5.41) is 6.12. The molecular weight excluding hydrogens is 369 g/mol. The van der Waals surface area contributed by atoms with E-state index in [0.717, 1.165) is 18.0 Å². The number of nitrogens with zero attached hydrogens (tertiary/aromatic N) is 1. The van der Waals surface area contributed by atoms with E-state index in [1.165, 1.54) is 18.9 Å². The molecule has 0 unspecified atom stereocenters. The van der Waals surface area contributed by atoms with Crippen molar-refractivity contribution in [1.82, 2.24) is 15.5 Å². The van der Waals surface area contributed by atoms with E-state index in [9.17, 15) is 14.0 Å². The topological polar surface area (TPSA) is 61.4 Å². The lowest BCUT2D eigenvalue weighted by molar-refractivity contribution is -0.135. The first-order chi connectivity index (χ1) is 12.5. The molecule has 1 aromatic rings. The van der Waals surface area contributed by atoms with Crippen LogP contribution in [-0.4, -0.2) is 42.9 Å². The van der Waals surface area contributed by atoms with E-state index in [-0.39, 0.29) is 36.0 Å². The van der Waals surface area contributed by atoms with Crippen LogP contribution in [0.25, 0.3) is 0 Å². The first-order valence-electron chi connectivity index (χ1n) is 9.54. The number of piperidine rings is 1. The van der Waals surface area contributed by atoms with Gasteiger partial charge in [-0.05, 0) is 62.3 Å². The Hall–Kier alpha value is -1.66. The molecule has 0 radical (unpaired) electrons. The molecule has 2 N–H and O–H groups in total. The first-order valence-corrected chi connectivity index (χ1v) is 9.54. The Balaban J connectivity index is 0.00000261. The van der Waals surface area contributed by atoms with Crippen LogP contribution in [0.4, 0.5) is 4.39 Å². The van der Waals surface area contributed by atoms with Crippen molar-refractivity contribution in [2.45, 2.75) is 39.2 Å². The van der Waals surface area contributed by atoms with Crippen molar-refractivity contribution in [3.63, 3.8) is 0 Å². The number of hydrogen-bond donors (Lipinski definition) is 2. The maximum atomic E-state index is 13.6. The Morgan fingerprint density at radius 1 is 1.19 bits per heavy atom. The Morgan fingerprint density at radius 3 is 2.52 bits per heavy atom. The van der Waals surface area contributed by atoms with Crippen LogP contribution in [0.5, 0.6) is 0 Å². The third-order valence-electron chi connectivity index (χ3n) is 5.33. The average Bonchev–Trinajstić information content (AvgIpc) is 3.47. The van der Waals surface area contributed by atoms with Crippen LogP contribution >= 0.6 is 12.4 Å². The molecule has 150 valence electrons. The van der Waals surface area contributed by atoms with Crippen molar-refractivity contribution in [2.75, 3.05) is 26.2 Å². The summed E-state index contributed by atoms with van der Waals surface area (Å²) < 4.78 is 13.6. The van der Waals surface area contributed by atoms with E-state index in [1.54, 1.807) is 13.0 Å². The molecule has 0 atom stereocenters. The molecule has 1 heterocycles. The van der Waals surface area contributed by atoms with Crippen molar-refractivity contribution in [3.05, 3.63) is 35.1 Å². The highest BCUT2D eigenvalue weighted by molar-refractivity contribution is 5.85. The highest BCUT2D eigenvalue weighted by Crippen LogP contribution is 2.27. The van der Waals surface area contributed by atoms with Crippen LogP contribution in [0, 0.1) is 24.6 Å². The Kier molecular flexibility index (Phi) is 8.05. The summed E-state index contributed by atoms with van der Waals surface area (Å²) >= 11 is 0. The number of amides is 2. The molecule has 1 aliphatic carbocycles. The minimum Gasteiger partial charge on any atom is -0.352 e. The van der Waals surface area contributed by atoms with Gasteiger partial charge in [0.1, 0.15) is 5.82 Å². The van der Waals surface area contributed by atoms with Crippen molar-refractivity contribution >= 4 is 24.2 Å². The summed E-state index contributed by atoms with van der Waals surface area (Å²) in [4.78, 5) is 26.4. The Labute approximate surface area is 166 Å². The third-order valence-corrected chi connectivity index (χ3v) is 5.33. The van der Waals surface area contributed by atoms with Crippen LogP contribution in [0.3, 0.4) is 0 Å². The molecule has 2 amide bonds. The molecule has 1 aromatic carbocycles. The standard InChI is InChI=1S/C20H28FN3O2.ClH/c1-14-2-3-16(10-18(14)21)12-23-20(26)17-6-8-24(9-7-17)19(25)13-22-11-15-4-5-15;/h2-3,10,15,17,22H,4-9,11-13H2,1H3,(H,23,26);1H. The first kappa shape index (κ1) is 21.6. The van der Waals surface area contributed by atoms with Gasteiger partial charge < -0.3 is 15.5 Å². The molecule has 1 saturated carbocycles. The molecule has 27 heavy (non-hydrogen) atoms. The fourth-order valence-electron chi connectivity index (χ4n) is 3.29. The zero-order valence-corrected chi connectivity index (χ0v) is 16.6. The smallest absolute Gasteiger partial charge is 0.236 e. The largest absolute Gasteiger partial charge is 0.352 e. The lowest BCUT2D eigenvalue weighted by atomic mass is 9.95. The van der Waals surface area contributed by atoms with Gasteiger partial charge in [0.25, 0.3) is 0 Å². The molecule has 7 heteroatoms. The molecule has 5 nitrogen and oxygen atoms in total. The second-order valence-corrected chi connectivity index (χ2v) is 7.53. The van der Waals surface area contributed by atoms with Crippen LogP contribution in [0.1, 0.15) is 36.8 Å². The molecule has 0 bridgehead atoms. The number of aryl methyl sites for hydroxylation is 1. The molecule has 2 fully saturated rings. The Morgan fingerprint density at radius 2 is 1.89 bits per heavy atom. The zero-order chi connectivity index (χ0) is 18.5. The van der Waals surface area contributed by atoms with Crippen LogP contribution in [-0.2, 0) is 16.1 Å². The van der Waals surface area contributed by atoms with Gasteiger partial charge in [-0.15, -0.1) is 12.4 Å². The average molecular weight is 398 g/mol. The van der Waals surface area contributed by atoms with Gasteiger partial charge in [-0.1, -0.05) is 12.1 Å². The lowest BCUT2D eigenvalue weighted by Gasteiger charge is -2.31. The summed E-state index contributed by atoms with van der Waals surface area (Å²) in [6, 6.07) is 5.01. The molecule has 0 spiro atoms. The van der Waals surface area contributed by atoms with Crippen molar-refractivity contribution in [2.24, 2.45) is 11.8 Å². The maximum absolute atomic E-state index is 13.6. The summed E-state index contributed by atoms with van der Waals surface area (Å²) in [6.07, 6.45) is 3.92. The quantitative estimate of drug-likeness (QED) is 0.742. The van der Waals surface area contributed by atoms with Gasteiger partial charge in [0, 0.05) is 25.6 Å². The number of nitrogens with one attached hydrogen (secondary N) is 2. The van der Waals surface area contributed by atoms with Crippen LogP contribution in [0.2, 0.25) is 0 Å². The molecule has 1 saturated heterocycles. The highest BCUT2D eigenvalue weighted by atomic mass is 35.5. The third kappa shape index (κ3) is 6.47. The summed E-state index contributed by atoms with van der Waals surface area (Å²) in [5.74, 6) is 0.552. The number of likely N-dealkylation sites (tertiary alicyclic amines) is 1. The normalized spacial score (nSPS) is 17.3. The van der Waals surface area contributed by atoms with Gasteiger partial charge in [0.15, 0.2) is 0 Å². The fraction of sp³-hybridized carbons (Fsp3) is 0.600. The van der Waals surface area contributed by atoms with E-state index in [0.29, 0.717) is 44.6 Å². The number of halogens is 2. The number of hydrogen-bond acceptors (Lipinski definition) is 3. The van der Waals surface area contributed by atoms with Gasteiger partial charge in [-0.3, -0.25) is 9.59 Å². The van der Waals surface area contributed by atoms with E-state index in [4.69, 9.17) is 0 Å². The van der Waals surface area contributed by atoms with Gasteiger partial charge in [-0.2, -0.15) is 0 Å². The molecule has 0 aromatic heterocycles. The SMILES string of the molecule is Cc1ccc(CNC(=O)C2CCN(C(=O)CNCC3CC3)CC2)cc1F.Cl. The minimum absolute atomic E-state index is 0. The van der Waals surface area contributed by atoms with Gasteiger partial charge in [0.2, 0.25) is 11.8 Å². The fourth-order valence-corrected chi connectivity index (χ4v) is 3.29. The molecule has 1 aliphatic heterocycles. The van der Waals surface area contributed by atoms with Crippen molar-refractivity contribution in [3.8, 4) is 0 Å². The van der Waals surface area contributed by atoms with Crippen molar-refractivity contribution in [1.29, 1.82) is 0 Å². The van der Waals surface area contributed by atoms with E-state index < -0.39 is 0 Å². The van der Waals surface area contributed by atoms with E-state index in [2.05, 4.69) is 10.6 Å². The van der Waals surface area contributed by atoms with Crippen molar-refractivity contribution < 1.29 is 14.0 Å². The lowest BCUT2D eigenvalue weighted by Crippen LogP contribution is -2.45. The number of rotatable bonds is 7. The second kappa shape index (κ2) is 10.0. The maximum Gasteiger partial charge on any atom is 0.236 e. The second-order valence-electron chi connectivity index (χ2n) is 7.53. The Bertz CT molecular complexity index is 659. The van der Waals surface area contributed by atoms with Gasteiger partial charge in [-0.25, -0.2) is 4.39 Å². The van der Waals surface area contributed by atoms with E-state index >= 15 is 0 Å². The summed E-state index contributed by atoms with van der Waals surface area (Å²) in [6.45, 7) is 4.63. The van der Waals surface area contributed by atoms with Gasteiger partial charge >= 0.3 is 0 Å². The predicted molar refractivity (Wildman–Crippen MR) is 105 cm³/mol.